The van der Waals surface area contributed by atoms with Crippen molar-refractivity contribution in [2.24, 2.45) is 5.92 Å². The highest BCUT2D eigenvalue weighted by Crippen LogP contribution is 2.33. The molecule has 2 aromatic rings. The fourth-order valence-electron chi connectivity index (χ4n) is 4.88. The number of thioether (sulfide) groups is 1. The molecule has 0 radical (unpaired) electrons. The number of carbonyl (C=O) groups excluding carboxylic acids is 2. The van der Waals surface area contributed by atoms with Crippen LogP contribution < -0.4 is 10.6 Å². The highest BCUT2D eigenvalue weighted by molar-refractivity contribution is 8.00. The second-order valence-corrected chi connectivity index (χ2v) is 10.3. The van der Waals surface area contributed by atoms with Gasteiger partial charge in [0.05, 0.1) is 5.52 Å². The van der Waals surface area contributed by atoms with Crippen LogP contribution in [0.3, 0.4) is 0 Å². The minimum absolute atomic E-state index is 0.0570. The van der Waals surface area contributed by atoms with E-state index in [-0.39, 0.29) is 51.1 Å². The first-order valence-corrected chi connectivity index (χ1v) is 12.0. The van der Waals surface area contributed by atoms with Gasteiger partial charge >= 0.3 is 0 Å². The molecule has 32 heavy (non-hydrogen) atoms. The maximum absolute atomic E-state index is 14.0. The number of piperidine rings is 2. The Kier molecular flexibility index (Phi) is 5.85. The van der Waals surface area contributed by atoms with Crippen LogP contribution in [-0.4, -0.2) is 76.6 Å². The smallest absolute Gasteiger partial charge is 0.270 e. The molecule has 0 spiro atoms. The van der Waals surface area contributed by atoms with E-state index in [2.05, 4.69) is 27.6 Å². The molecule has 3 aliphatic rings. The fourth-order valence-corrected chi connectivity index (χ4v) is 6.33. The maximum Gasteiger partial charge on any atom is 0.270 e. The molecule has 0 bridgehead atoms. The number of likely N-dealkylation sites (tertiary alicyclic amines) is 2. The van der Waals surface area contributed by atoms with Crippen LogP contribution in [0, 0.1) is 17.6 Å². The largest absolute Gasteiger partial charge is 0.350 e. The number of halogens is 2. The van der Waals surface area contributed by atoms with Crippen LogP contribution >= 0.6 is 11.8 Å². The lowest BCUT2D eigenvalue weighted by Gasteiger charge is -2.33. The zero-order valence-electron chi connectivity index (χ0n) is 17.9. The summed E-state index contributed by atoms with van der Waals surface area (Å²) < 4.78 is 27.5. The van der Waals surface area contributed by atoms with Gasteiger partial charge in [-0.25, -0.2) is 8.78 Å². The van der Waals surface area contributed by atoms with Crippen LogP contribution in [0.25, 0.3) is 10.9 Å². The van der Waals surface area contributed by atoms with E-state index in [1.807, 2.05) is 0 Å². The monoisotopic (exact) mass is 463 g/mol. The van der Waals surface area contributed by atoms with Gasteiger partial charge in [0.1, 0.15) is 22.8 Å². The average Bonchev–Trinajstić information content (AvgIpc) is 3.36. The second kappa shape index (κ2) is 8.64. The van der Waals surface area contributed by atoms with Gasteiger partial charge in [0.25, 0.3) is 5.91 Å². The van der Waals surface area contributed by atoms with Crippen molar-refractivity contribution >= 4 is 34.5 Å². The molecule has 0 aliphatic carbocycles. The van der Waals surface area contributed by atoms with E-state index in [0.717, 1.165) is 38.4 Å². The van der Waals surface area contributed by atoms with Crippen LogP contribution in [0.1, 0.15) is 29.8 Å². The number of fused-ring (bicyclic) bond motifs is 2. The predicted octanol–water partition coefficient (Wildman–Crippen LogP) is 2.11. The second-order valence-electron chi connectivity index (χ2n) is 8.99. The molecular formula is C22H27F2N5O2S. The van der Waals surface area contributed by atoms with Gasteiger partial charge in [-0.1, -0.05) is 0 Å². The Hall–Kier alpha value is -2.17. The highest BCUT2D eigenvalue weighted by atomic mass is 32.2. The summed E-state index contributed by atoms with van der Waals surface area (Å²) in [5.41, 5.74) is 0.373. The number of hydrogen-bond acceptors (Lipinski definition) is 5. The number of rotatable bonds is 3. The third kappa shape index (κ3) is 4.23. The third-order valence-electron chi connectivity index (χ3n) is 6.77. The lowest BCUT2D eigenvalue weighted by molar-refractivity contribution is -0.126. The molecule has 3 aliphatic heterocycles. The minimum Gasteiger partial charge on any atom is -0.350 e. The Balaban J connectivity index is 1.20. The molecule has 5 rings (SSSR count). The van der Waals surface area contributed by atoms with Gasteiger partial charge in [-0.05, 0) is 51.5 Å². The number of carbonyl (C=O) groups is 2. The van der Waals surface area contributed by atoms with Gasteiger partial charge in [-0.2, -0.15) is 0 Å². The number of amides is 2. The summed E-state index contributed by atoms with van der Waals surface area (Å²) >= 11 is 1.65. The number of H-pyrrole nitrogens is 1. The van der Waals surface area contributed by atoms with Crippen molar-refractivity contribution < 1.29 is 18.4 Å². The molecule has 3 saturated heterocycles. The number of aromatic amines is 1. The lowest BCUT2D eigenvalue weighted by Crippen LogP contribution is -2.51. The van der Waals surface area contributed by atoms with E-state index in [0.29, 0.717) is 13.1 Å². The third-order valence-corrected chi connectivity index (χ3v) is 8.12. The van der Waals surface area contributed by atoms with E-state index >= 15 is 0 Å². The van der Waals surface area contributed by atoms with E-state index < -0.39 is 11.6 Å². The first-order valence-electron chi connectivity index (χ1n) is 11.0. The van der Waals surface area contributed by atoms with Crippen molar-refractivity contribution in [3.63, 3.8) is 0 Å². The van der Waals surface area contributed by atoms with Gasteiger partial charge in [0.2, 0.25) is 5.91 Å². The molecule has 1 aromatic carbocycles. The highest BCUT2D eigenvalue weighted by Gasteiger charge is 2.41. The molecule has 10 heteroatoms. The van der Waals surface area contributed by atoms with E-state index in [1.165, 1.54) is 12.1 Å². The molecule has 0 saturated carbocycles. The van der Waals surface area contributed by atoms with Crippen LogP contribution in [0.15, 0.2) is 18.2 Å². The van der Waals surface area contributed by atoms with E-state index in [4.69, 9.17) is 0 Å². The number of aromatic nitrogens is 1. The van der Waals surface area contributed by atoms with Gasteiger partial charge in [0, 0.05) is 41.8 Å². The Morgan fingerprint density at radius 1 is 1.12 bits per heavy atom. The molecule has 4 heterocycles. The van der Waals surface area contributed by atoms with E-state index in [9.17, 15) is 18.4 Å². The molecule has 3 atom stereocenters. The molecule has 2 amide bonds. The summed E-state index contributed by atoms with van der Waals surface area (Å²) in [6.07, 6.45) is 2.53. The molecule has 172 valence electrons. The Morgan fingerprint density at radius 3 is 2.69 bits per heavy atom. The van der Waals surface area contributed by atoms with Crippen molar-refractivity contribution in [2.45, 2.75) is 36.1 Å². The van der Waals surface area contributed by atoms with Crippen molar-refractivity contribution in [1.82, 2.24) is 25.4 Å². The zero-order valence-corrected chi connectivity index (χ0v) is 18.7. The minimum atomic E-state index is -0.687. The van der Waals surface area contributed by atoms with Crippen molar-refractivity contribution in [2.75, 3.05) is 33.2 Å². The normalized spacial score (nSPS) is 27.0. The SMILES string of the molecule is CN1CCC(C(=O)NC2NC3CCN(C(=O)c4cc5c(F)cc(F)cc5[nH]4)CC3S2)CC1. The first-order chi connectivity index (χ1) is 15.4. The van der Waals surface area contributed by atoms with Crippen molar-refractivity contribution in [3.05, 3.63) is 35.5 Å². The van der Waals surface area contributed by atoms with Crippen molar-refractivity contribution in [3.8, 4) is 0 Å². The maximum atomic E-state index is 14.0. The van der Waals surface area contributed by atoms with Crippen LogP contribution in [0.4, 0.5) is 8.78 Å². The van der Waals surface area contributed by atoms with Gasteiger partial charge in [-0.15, -0.1) is 11.8 Å². The summed E-state index contributed by atoms with van der Waals surface area (Å²) in [4.78, 5) is 32.5. The van der Waals surface area contributed by atoms with Crippen LogP contribution in [0.5, 0.6) is 0 Å². The molecule has 3 fully saturated rings. The number of hydrogen-bond donors (Lipinski definition) is 3. The molecule has 3 unspecified atom stereocenters. The fraction of sp³-hybridized carbons (Fsp3) is 0.545. The summed E-state index contributed by atoms with van der Waals surface area (Å²) in [7, 11) is 2.07. The summed E-state index contributed by atoms with van der Waals surface area (Å²) in [6, 6.07) is 3.68. The standard InChI is InChI=1S/C22H27F2N5O2S/c1-28-5-2-12(3-6-28)20(30)27-22-26-16-4-7-29(11-19(16)32-22)21(31)18-10-14-15(24)8-13(23)9-17(14)25-18/h8-10,12,16,19,22,25-26H,2-7,11H2,1H3,(H,27,30). The van der Waals surface area contributed by atoms with Gasteiger partial charge in [-0.3, -0.25) is 14.9 Å². The molecule has 1 aromatic heterocycles. The molecule has 7 nitrogen and oxygen atoms in total. The Morgan fingerprint density at radius 2 is 1.91 bits per heavy atom. The average molecular weight is 464 g/mol. The van der Waals surface area contributed by atoms with E-state index in [1.54, 1.807) is 16.7 Å². The van der Waals surface area contributed by atoms with Gasteiger partial charge < -0.3 is 20.1 Å². The number of nitrogens with zero attached hydrogens (tertiary/aromatic N) is 2. The van der Waals surface area contributed by atoms with Gasteiger partial charge in [0.15, 0.2) is 0 Å². The number of benzene rings is 1. The summed E-state index contributed by atoms with van der Waals surface area (Å²) in [5.74, 6) is -1.44. The molecule has 3 N–H and O–H groups in total. The number of nitrogens with one attached hydrogen (secondary N) is 3. The Labute approximate surface area is 189 Å². The zero-order chi connectivity index (χ0) is 22.4. The topological polar surface area (TPSA) is 80.5 Å². The predicted molar refractivity (Wildman–Crippen MR) is 119 cm³/mol. The summed E-state index contributed by atoms with van der Waals surface area (Å²) in [5, 5.41) is 6.99. The van der Waals surface area contributed by atoms with Crippen LogP contribution in [0.2, 0.25) is 0 Å². The van der Waals surface area contributed by atoms with Crippen LogP contribution in [-0.2, 0) is 4.79 Å². The lowest BCUT2D eigenvalue weighted by atomic mass is 9.96. The van der Waals surface area contributed by atoms with Crippen molar-refractivity contribution in [1.29, 1.82) is 0 Å². The first kappa shape index (κ1) is 21.7. The summed E-state index contributed by atoms with van der Waals surface area (Å²) in [6.45, 7) is 2.98. The quantitative estimate of drug-likeness (QED) is 0.650. The Bertz CT molecular complexity index is 1040. The molecular weight excluding hydrogens is 436 g/mol.